The molecule has 6 aromatic carbocycles. The van der Waals surface area contributed by atoms with E-state index in [0.29, 0.717) is 0 Å². The molecule has 0 radical (unpaired) electrons. The van der Waals surface area contributed by atoms with Crippen LogP contribution in [0.3, 0.4) is 0 Å². The van der Waals surface area contributed by atoms with E-state index in [0.717, 1.165) is 28.8 Å². The Morgan fingerprint density at radius 3 is 1.12 bits per heavy atom. The quantitative estimate of drug-likeness (QED) is 0.0904. The van der Waals surface area contributed by atoms with Gasteiger partial charge in [0.2, 0.25) is 0 Å². The van der Waals surface area contributed by atoms with Crippen LogP contribution in [-0.2, 0) is 6.42 Å². The molecular weight excluding hydrogens is 876 g/mol. The SMILES string of the molecule is CC#C[Si](C(C)C)(C(C)C)C(C)C.CCc1ccccc1.CCl.CN(c1ccccc1)c1ccccc1.COc1ccccc1.Cc1cc(C)c(C)c(C)c1.Cc1ccccc1.Cc1ccncc1. The summed E-state index contributed by atoms with van der Waals surface area (Å²) >= 11 is 4.64. The van der Waals surface area contributed by atoms with E-state index in [-0.39, 0.29) is 0 Å². The average Bonchev–Trinajstić information content (AvgIpc) is 3.37. The van der Waals surface area contributed by atoms with Crippen LogP contribution < -0.4 is 9.64 Å². The molecule has 0 spiro atoms. The Labute approximate surface area is 428 Å². The van der Waals surface area contributed by atoms with Crippen LogP contribution in [0.4, 0.5) is 11.4 Å². The zero-order chi connectivity index (χ0) is 52.0. The van der Waals surface area contributed by atoms with Crippen LogP contribution in [0.25, 0.3) is 0 Å². The number of anilines is 2. The van der Waals surface area contributed by atoms with Crippen LogP contribution >= 0.6 is 11.6 Å². The van der Waals surface area contributed by atoms with E-state index in [1.165, 1.54) is 56.7 Å². The lowest BCUT2D eigenvalue weighted by Gasteiger charge is -2.38. The van der Waals surface area contributed by atoms with Gasteiger partial charge < -0.3 is 9.64 Å². The maximum Gasteiger partial charge on any atom is 0.145 e. The molecule has 0 aliphatic carbocycles. The van der Waals surface area contributed by atoms with Gasteiger partial charge in [-0.25, -0.2) is 0 Å². The third kappa shape index (κ3) is 26.5. The number of hydrogen-bond acceptors (Lipinski definition) is 3. The summed E-state index contributed by atoms with van der Waals surface area (Å²) in [7, 11) is 2.35. The molecule has 0 N–H and O–H groups in total. The van der Waals surface area contributed by atoms with Gasteiger partial charge in [-0.05, 0) is 148 Å². The Morgan fingerprint density at radius 1 is 0.522 bits per heavy atom. The summed E-state index contributed by atoms with van der Waals surface area (Å²) in [5.41, 5.74) is 17.9. The summed E-state index contributed by atoms with van der Waals surface area (Å²) in [6.45, 7) is 31.0. The first kappa shape index (κ1) is 63.1. The van der Waals surface area contributed by atoms with Crippen molar-refractivity contribution in [2.24, 2.45) is 0 Å². The highest BCUT2D eigenvalue weighted by Crippen LogP contribution is 2.40. The molecule has 1 aromatic heterocycles. The maximum atomic E-state index is 4.91. The predicted octanol–water partition coefficient (Wildman–Crippen LogP) is 18.8. The molecule has 7 rings (SSSR count). The number of rotatable bonds is 7. The number of hydrogen-bond donors (Lipinski definition) is 0. The maximum absolute atomic E-state index is 4.91. The fourth-order valence-corrected chi connectivity index (χ4v) is 12.9. The molecule has 0 fully saturated rings. The lowest BCUT2D eigenvalue weighted by Crippen LogP contribution is -2.43. The summed E-state index contributed by atoms with van der Waals surface area (Å²) in [5.74, 6) is 4.07. The number of alkyl halides is 1. The molecule has 5 heteroatoms. The third-order valence-electron chi connectivity index (χ3n) is 11.6. The molecule has 7 aromatic rings. The number of halogens is 1. The van der Waals surface area contributed by atoms with Crippen LogP contribution in [0, 0.1) is 53.0 Å². The van der Waals surface area contributed by atoms with E-state index < -0.39 is 8.07 Å². The summed E-state index contributed by atoms with van der Waals surface area (Å²) in [6.07, 6.45) is 6.19. The number of aryl methyl sites for hydroxylation is 6. The van der Waals surface area contributed by atoms with Crippen molar-refractivity contribution in [1.29, 1.82) is 0 Å². The second kappa shape index (κ2) is 38.0. The first-order valence-corrected chi connectivity index (χ1v) is 27.2. The summed E-state index contributed by atoms with van der Waals surface area (Å²) in [6, 6.07) is 59.5. The Kier molecular flexibility index (Phi) is 34.8. The summed E-state index contributed by atoms with van der Waals surface area (Å²) < 4.78 is 4.91. The van der Waals surface area contributed by atoms with E-state index in [1.54, 1.807) is 19.5 Å². The molecule has 1 heterocycles. The van der Waals surface area contributed by atoms with Gasteiger partial charge >= 0.3 is 0 Å². The highest BCUT2D eigenvalue weighted by molar-refractivity contribution is 6.90. The van der Waals surface area contributed by atoms with Gasteiger partial charge in [0.1, 0.15) is 13.8 Å². The number of aromatic nitrogens is 1. The standard InChI is InChI=1S/C13H13N.C12H24Si.C10H14.C8H10.C7H8O.C7H8.C6H7N.CH3Cl/c1-14(12-8-4-2-5-9-12)13-10-6-3-7-11-13;1-8-9-13(10(2)3,11(4)5)12(6)7;1-7-5-8(2)10(4)9(3)6-7;1-2-8-6-4-3-5-7-8;1-8-7-5-3-2-4-6-7;1-7-5-3-2-4-6-7;1-6-2-4-7-5-3-6;1-2/h2-11H,1H3;10-12H,1-7H3;5-6H,1-4H3;3-7H,2H2,1H3;2-6H,1H3;2-6H,1H3;2-5H,1H3;1H3. The lowest BCUT2D eigenvalue weighted by molar-refractivity contribution is 0.415. The Balaban J connectivity index is 0.000000788. The number of para-hydroxylation sites is 3. The molecule has 3 nitrogen and oxygen atoms in total. The second-order valence-electron chi connectivity index (χ2n) is 17.6. The summed E-state index contributed by atoms with van der Waals surface area (Å²) in [4.78, 5) is 6.01. The number of ether oxygens (including phenoxy) is 1. The van der Waals surface area contributed by atoms with Crippen LogP contribution in [0.2, 0.25) is 16.6 Å². The number of methoxy groups -OCH3 is 1. The van der Waals surface area contributed by atoms with Gasteiger partial charge in [0.05, 0.1) is 7.11 Å². The fraction of sp³-hybridized carbons (Fsp3) is 0.328. The van der Waals surface area contributed by atoms with Crippen molar-refractivity contribution in [2.45, 2.75) is 120 Å². The van der Waals surface area contributed by atoms with Crippen molar-refractivity contribution < 1.29 is 4.74 Å². The smallest absolute Gasteiger partial charge is 0.145 e. The van der Waals surface area contributed by atoms with E-state index >= 15 is 0 Å². The molecular formula is C64H87ClN2OSi. The zero-order valence-electron chi connectivity index (χ0n) is 45.5. The van der Waals surface area contributed by atoms with Crippen LogP contribution in [0.5, 0.6) is 5.75 Å². The van der Waals surface area contributed by atoms with Crippen molar-refractivity contribution in [3.8, 4) is 17.2 Å². The van der Waals surface area contributed by atoms with Crippen molar-refractivity contribution in [3.05, 3.63) is 227 Å². The molecule has 0 aliphatic heterocycles. The molecule has 370 valence electrons. The van der Waals surface area contributed by atoms with Gasteiger partial charge in [-0.3, -0.25) is 4.98 Å². The number of nitrogens with zero attached hydrogens (tertiary/aromatic N) is 2. The van der Waals surface area contributed by atoms with E-state index in [2.05, 4.69) is 220 Å². The molecule has 69 heavy (non-hydrogen) atoms. The van der Waals surface area contributed by atoms with E-state index in [9.17, 15) is 0 Å². The molecule has 0 aliphatic rings. The monoisotopic (exact) mass is 963 g/mol. The number of pyridine rings is 1. The number of benzene rings is 6. The fourth-order valence-electron chi connectivity index (χ4n) is 7.59. The van der Waals surface area contributed by atoms with Crippen molar-refractivity contribution in [2.75, 3.05) is 25.4 Å². The average molecular weight is 964 g/mol. The first-order chi connectivity index (χ1) is 33.0. The minimum Gasteiger partial charge on any atom is -0.497 e. The largest absolute Gasteiger partial charge is 0.497 e. The van der Waals surface area contributed by atoms with Crippen LogP contribution in [0.1, 0.15) is 94.3 Å². The van der Waals surface area contributed by atoms with E-state index in [4.69, 9.17) is 4.74 Å². The molecule has 0 unspecified atom stereocenters. The second-order valence-corrected chi connectivity index (χ2v) is 23.1. The van der Waals surface area contributed by atoms with Crippen molar-refractivity contribution >= 4 is 31.0 Å². The predicted molar refractivity (Wildman–Crippen MR) is 312 cm³/mol. The van der Waals surface area contributed by atoms with Crippen LogP contribution in [0.15, 0.2) is 188 Å². The van der Waals surface area contributed by atoms with Gasteiger partial charge in [0.25, 0.3) is 0 Å². The molecule has 0 bridgehead atoms. The topological polar surface area (TPSA) is 25.4 Å². The molecule has 0 atom stereocenters. The normalized spacial score (nSPS) is 9.64. The van der Waals surface area contributed by atoms with Gasteiger partial charge in [0.15, 0.2) is 0 Å². The Morgan fingerprint density at radius 2 is 0.870 bits per heavy atom. The first-order valence-electron chi connectivity index (χ1n) is 24.2. The highest BCUT2D eigenvalue weighted by atomic mass is 35.5. The van der Waals surface area contributed by atoms with Gasteiger partial charge in [0, 0.05) is 37.2 Å². The zero-order valence-corrected chi connectivity index (χ0v) is 47.3. The third-order valence-corrected chi connectivity index (χ3v) is 18.0. The minimum absolute atomic E-state index is 0.764. The Bertz CT molecular complexity index is 2170. The minimum atomic E-state index is -1.39. The van der Waals surface area contributed by atoms with Crippen LogP contribution in [-0.4, -0.2) is 33.6 Å². The Hall–Kier alpha value is -5.86. The molecule has 0 saturated carbocycles. The highest BCUT2D eigenvalue weighted by Gasteiger charge is 2.41. The van der Waals surface area contributed by atoms with Gasteiger partial charge in [-0.15, -0.1) is 23.1 Å². The lowest BCUT2D eigenvalue weighted by atomic mass is 10.0. The summed E-state index contributed by atoms with van der Waals surface area (Å²) in [5, 5.41) is 0. The van der Waals surface area contributed by atoms with Gasteiger partial charge in [-0.1, -0.05) is 187 Å². The molecule has 0 saturated heterocycles. The van der Waals surface area contributed by atoms with Crippen molar-refractivity contribution in [3.63, 3.8) is 0 Å². The van der Waals surface area contributed by atoms with Gasteiger partial charge in [-0.2, -0.15) is 0 Å². The van der Waals surface area contributed by atoms with E-state index in [1.807, 2.05) is 92.7 Å². The van der Waals surface area contributed by atoms with Crippen molar-refractivity contribution in [1.82, 2.24) is 4.98 Å². The molecule has 0 amide bonds.